The normalized spacial score (nSPS) is 10.7. The Morgan fingerprint density at radius 3 is 2.59 bits per heavy atom. The lowest BCUT2D eigenvalue weighted by Crippen LogP contribution is -2.01. The van der Waals surface area contributed by atoms with Gasteiger partial charge >= 0.3 is 0 Å². The van der Waals surface area contributed by atoms with Crippen molar-refractivity contribution in [2.45, 2.75) is 0 Å². The Kier molecular flexibility index (Phi) is 4.39. The number of rotatable bonds is 5. The summed E-state index contributed by atoms with van der Waals surface area (Å²) < 4.78 is 18.2. The number of carbonyl (C=O) groups excluding carboxylic acids is 1. The Morgan fingerprint density at radius 1 is 1.11 bits per heavy atom. The van der Waals surface area contributed by atoms with Gasteiger partial charge in [-0.15, -0.1) is 0 Å². The molecule has 4 rings (SSSR count). The molecule has 0 bridgehead atoms. The largest absolute Gasteiger partial charge is 0.382 e. The molecule has 0 fully saturated rings. The summed E-state index contributed by atoms with van der Waals surface area (Å²) in [6.07, 6.45) is 0. The van der Waals surface area contributed by atoms with Gasteiger partial charge in [-0.25, -0.2) is 9.37 Å². The van der Waals surface area contributed by atoms with E-state index < -0.39 is 5.78 Å². The number of anilines is 3. The maximum Gasteiger partial charge on any atom is 0.244 e. The highest BCUT2D eigenvalue weighted by Crippen LogP contribution is 2.30. The zero-order chi connectivity index (χ0) is 18.8. The molecule has 27 heavy (non-hydrogen) atoms. The minimum atomic E-state index is -0.396. The fraction of sp³-hybridized carbons (Fsp3) is 0. The maximum atomic E-state index is 13.0. The zero-order valence-electron chi connectivity index (χ0n) is 13.8. The highest BCUT2D eigenvalue weighted by Gasteiger charge is 2.22. The van der Waals surface area contributed by atoms with E-state index in [4.69, 9.17) is 10.3 Å². The van der Waals surface area contributed by atoms with Crippen molar-refractivity contribution in [3.63, 3.8) is 0 Å². The van der Waals surface area contributed by atoms with Crippen LogP contribution in [0, 0.1) is 5.82 Å². The van der Waals surface area contributed by atoms with Crippen LogP contribution in [0.15, 0.2) is 65.2 Å². The lowest BCUT2D eigenvalue weighted by Gasteiger charge is -2.00. The summed E-state index contributed by atoms with van der Waals surface area (Å²) in [5.41, 5.74) is 7.93. The molecule has 2 heterocycles. The van der Waals surface area contributed by atoms with Gasteiger partial charge in [0.1, 0.15) is 22.2 Å². The van der Waals surface area contributed by atoms with Gasteiger partial charge < -0.3 is 15.6 Å². The van der Waals surface area contributed by atoms with E-state index in [2.05, 4.69) is 15.5 Å². The number of benzene rings is 2. The average Bonchev–Trinajstić information content (AvgIpc) is 3.31. The van der Waals surface area contributed by atoms with Crippen LogP contribution in [-0.2, 0) is 0 Å². The van der Waals surface area contributed by atoms with E-state index >= 15 is 0 Å². The number of thiazole rings is 1. The van der Waals surface area contributed by atoms with Crippen LogP contribution in [0.5, 0.6) is 0 Å². The van der Waals surface area contributed by atoms with Crippen molar-refractivity contribution in [2.24, 2.45) is 0 Å². The molecule has 6 nitrogen and oxygen atoms in total. The van der Waals surface area contributed by atoms with Gasteiger partial charge in [0.05, 0.1) is 0 Å². The van der Waals surface area contributed by atoms with E-state index in [9.17, 15) is 9.18 Å². The number of aromatic nitrogens is 2. The van der Waals surface area contributed by atoms with E-state index in [0.29, 0.717) is 16.5 Å². The number of hydrogen-bond donors (Lipinski definition) is 2. The van der Waals surface area contributed by atoms with Gasteiger partial charge in [-0.05, 0) is 24.3 Å². The molecule has 0 saturated carbocycles. The number of nitrogens with zero attached hydrogens (tertiary/aromatic N) is 2. The highest BCUT2D eigenvalue weighted by atomic mass is 32.1. The van der Waals surface area contributed by atoms with E-state index in [0.717, 1.165) is 16.9 Å². The van der Waals surface area contributed by atoms with Crippen molar-refractivity contribution in [1.82, 2.24) is 10.1 Å². The summed E-state index contributed by atoms with van der Waals surface area (Å²) in [5.74, 6) is -0.564. The maximum absolute atomic E-state index is 13.0. The minimum absolute atomic E-state index is 0.0811. The second-order valence-corrected chi connectivity index (χ2v) is 6.64. The van der Waals surface area contributed by atoms with Crippen molar-refractivity contribution in [2.75, 3.05) is 11.1 Å². The van der Waals surface area contributed by atoms with E-state index in [-0.39, 0.29) is 22.3 Å². The molecule has 2 aromatic carbocycles. The Hall–Kier alpha value is -3.52. The van der Waals surface area contributed by atoms with Crippen LogP contribution in [-0.4, -0.2) is 15.9 Å². The fourth-order valence-corrected chi connectivity index (χ4v) is 3.29. The quantitative estimate of drug-likeness (QED) is 0.495. The standard InChI is InChI=1S/C19H13FN4O2S/c20-12-6-8-13(9-7-12)22-19-23-18(21)17(27-19)16(25)15-10-14(24-26-15)11-4-2-1-3-5-11/h1-10H,21H2,(H,22,23). The van der Waals surface area contributed by atoms with E-state index in [1.54, 1.807) is 18.2 Å². The van der Waals surface area contributed by atoms with E-state index in [1.165, 1.54) is 12.1 Å². The first-order chi connectivity index (χ1) is 13.1. The Labute approximate surface area is 157 Å². The molecular formula is C19H13FN4O2S. The number of nitrogens with one attached hydrogen (secondary N) is 1. The van der Waals surface area contributed by atoms with Crippen molar-refractivity contribution in [3.8, 4) is 11.3 Å². The molecule has 0 aliphatic carbocycles. The molecule has 0 aliphatic heterocycles. The monoisotopic (exact) mass is 380 g/mol. The van der Waals surface area contributed by atoms with Gasteiger partial charge in [-0.1, -0.05) is 46.8 Å². The molecule has 0 saturated heterocycles. The van der Waals surface area contributed by atoms with Gasteiger partial charge in [0.2, 0.25) is 11.5 Å². The van der Waals surface area contributed by atoms with Crippen molar-refractivity contribution in [1.29, 1.82) is 0 Å². The molecule has 0 amide bonds. The Morgan fingerprint density at radius 2 is 1.85 bits per heavy atom. The van der Waals surface area contributed by atoms with Gasteiger partial charge in [0.25, 0.3) is 0 Å². The molecular weight excluding hydrogens is 367 g/mol. The SMILES string of the molecule is Nc1nc(Nc2ccc(F)cc2)sc1C(=O)c1cc(-c2ccccc2)no1. The second-order valence-electron chi connectivity index (χ2n) is 5.64. The summed E-state index contributed by atoms with van der Waals surface area (Å²) in [6, 6.07) is 16.7. The second kappa shape index (κ2) is 7.00. The van der Waals surface area contributed by atoms with Gasteiger partial charge in [0.15, 0.2) is 5.13 Å². The molecule has 0 unspecified atom stereocenters. The Bertz CT molecular complexity index is 1090. The average molecular weight is 380 g/mol. The number of halogens is 1. The third kappa shape index (κ3) is 3.56. The molecule has 0 spiro atoms. The number of ketones is 1. The first-order valence-electron chi connectivity index (χ1n) is 7.96. The summed E-state index contributed by atoms with van der Waals surface area (Å²) in [6.45, 7) is 0. The van der Waals surface area contributed by atoms with Gasteiger partial charge in [-0.3, -0.25) is 4.79 Å². The molecule has 0 atom stereocenters. The van der Waals surface area contributed by atoms with Gasteiger partial charge in [-0.2, -0.15) is 0 Å². The predicted octanol–water partition coefficient (Wildman–Crippen LogP) is 4.49. The topological polar surface area (TPSA) is 94.0 Å². The number of hydrogen-bond acceptors (Lipinski definition) is 7. The summed E-state index contributed by atoms with van der Waals surface area (Å²) in [5, 5.41) is 7.36. The van der Waals surface area contributed by atoms with Crippen LogP contribution in [0.25, 0.3) is 11.3 Å². The van der Waals surface area contributed by atoms with Crippen LogP contribution >= 0.6 is 11.3 Å². The smallest absolute Gasteiger partial charge is 0.244 e. The summed E-state index contributed by atoms with van der Waals surface area (Å²) >= 11 is 1.09. The third-order valence-electron chi connectivity index (χ3n) is 3.76. The molecule has 8 heteroatoms. The van der Waals surface area contributed by atoms with Crippen LogP contribution in [0.3, 0.4) is 0 Å². The van der Waals surface area contributed by atoms with Crippen LogP contribution < -0.4 is 11.1 Å². The Balaban J connectivity index is 1.57. The predicted molar refractivity (Wildman–Crippen MR) is 102 cm³/mol. The van der Waals surface area contributed by atoms with Crippen molar-refractivity contribution >= 4 is 33.8 Å². The fourth-order valence-electron chi connectivity index (χ4n) is 2.44. The zero-order valence-corrected chi connectivity index (χ0v) is 14.7. The lowest BCUT2D eigenvalue weighted by atomic mass is 10.1. The first-order valence-corrected chi connectivity index (χ1v) is 8.77. The number of nitrogens with two attached hydrogens (primary N) is 1. The van der Waals surface area contributed by atoms with Gasteiger partial charge in [0, 0.05) is 17.3 Å². The first kappa shape index (κ1) is 16.9. The number of carbonyl (C=O) groups is 1. The molecule has 2 aromatic heterocycles. The molecule has 4 aromatic rings. The minimum Gasteiger partial charge on any atom is -0.382 e. The molecule has 134 valence electrons. The van der Waals surface area contributed by atoms with Crippen molar-refractivity contribution < 1.29 is 13.7 Å². The third-order valence-corrected chi connectivity index (χ3v) is 4.74. The van der Waals surface area contributed by atoms with Crippen LogP contribution in [0.4, 0.5) is 21.0 Å². The number of nitrogen functional groups attached to an aromatic ring is 1. The van der Waals surface area contributed by atoms with Crippen LogP contribution in [0.2, 0.25) is 0 Å². The van der Waals surface area contributed by atoms with E-state index in [1.807, 2.05) is 30.3 Å². The molecule has 0 radical (unpaired) electrons. The van der Waals surface area contributed by atoms with Crippen LogP contribution in [0.1, 0.15) is 15.4 Å². The summed E-state index contributed by atoms with van der Waals surface area (Å²) in [4.78, 5) is 17.1. The lowest BCUT2D eigenvalue weighted by molar-refractivity contribution is 0.100. The highest BCUT2D eigenvalue weighted by molar-refractivity contribution is 7.18. The van der Waals surface area contributed by atoms with Crippen molar-refractivity contribution in [3.05, 3.63) is 77.1 Å². The summed E-state index contributed by atoms with van der Waals surface area (Å²) in [7, 11) is 0. The molecule has 0 aliphatic rings. The molecule has 3 N–H and O–H groups in total.